The normalized spacial score (nSPS) is 12.1. The van der Waals surface area contributed by atoms with Gasteiger partial charge < -0.3 is 0 Å². The van der Waals surface area contributed by atoms with Gasteiger partial charge in [-0.05, 0) is 0 Å². The summed E-state index contributed by atoms with van der Waals surface area (Å²) in [5.41, 5.74) is 5.97. The Bertz CT molecular complexity index is 135. The van der Waals surface area contributed by atoms with Crippen molar-refractivity contribution < 1.29 is 22.4 Å². The minimum atomic E-state index is -4.35. The van der Waals surface area contributed by atoms with E-state index in [1.54, 1.807) is 0 Å². The smallest absolute Gasteiger partial charge is 0.273 e. The second-order valence-electron chi connectivity index (χ2n) is 1.66. The average Bonchev–Trinajstić information content (AvgIpc) is 1.60. The van der Waals surface area contributed by atoms with Crippen LogP contribution in [0, 0.1) is 0 Å². The average molecular weight is 158 g/mol. The van der Waals surface area contributed by atoms with Crippen molar-refractivity contribution in [2.75, 3.05) is 0 Å². The van der Waals surface area contributed by atoms with E-state index in [-0.39, 0.29) is 0 Å². The van der Waals surface area contributed by atoms with E-state index in [1.807, 2.05) is 0 Å². The highest BCUT2D eigenvalue weighted by Gasteiger charge is 2.42. The molecule has 2 nitrogen and oxygen atoms in total. The first-order chi connectivity index (χ1) is 4.36. The monoisotopic (exact) mass is 158 g/mol. The number of alkyl halides is 4. The van der Waals surface area contributed by atoms with Crippen molar-refractivity contribution in [3.8, 4) is 0 Å². The Labute approximate surface area is 54.0 Å². The molecule has 0 bridgehead atoms. The zero-order valence-corrected chi connectivity index (χ0v) is 4.70. The predicted octanol–water partition coefficient (Wildman–Crippen LogP) is 1.09. The van der Waals surface area contributed by atoms with Gasteiger partial charge in [-0.25, -0.2) is 8.78 Å². The standard InChI is InChI=1S/C4H4F4NO/c5-3(6)4(7,8)1-2(9)10/h3,9H,1H2. The van der Waals surface area contributed by atoms with Crippen LogP contribution in [-0.2, 0) is 4.79 Å². The maximum atomic E-state index is 11.7. The number of amides is 1. The highest BCUT2D eigenvalue weighted by molar-refractivity contribution is 5.73. The van der Waals surface area contributed by atoms with Crippen LogP contribution in [0.3, 0.4) is 0 Å². The van der Waals surface area contributed by atoms with E-state index in [0.29, 0.717) is 0 Å². The van der Waals surface area contributed by atoms with Crippen molar-refractivity contribution in [3.05, 3.63) is 0 Å². The topological polar surface area (TPSA) is 40.9 Å². The van der Waals surface area contributed by atoms with Gasteiger partial charge in [-0.2, -0.15) is 8.78 Å². The zero-order chi connectivity index (χ0) is 8.36. The van der Waals surface area contributed by atoms with Crippen molar-refractivity contribution in [3.63, 3.8) is 0 Å². The second kappa shape index (κ2) is 2.85. The molecule has 59 valence electrons. The van der Waals surface area contributed by atoms with Crippen LogP contribution in [0.1, 0.15) is 6.42 Å². The van der Waals surface area contributed by atoms with Crippen molar-refractivity contribution in [1.82, 2.24) is 5.73 Å². The third kappa shape index (κ3) is 2.65. The number of rotatable bonds is 3. The Hall–Kier alpha value is -0.810. The first-order valence-corrected chi connectivity index (χ1v) is 2.26. The molecule has 0 unspecified atom stereocenters. The molecule has 6 heteroatoms. The summed E-state index contributed by atoms with van der Waals surface area (Å²) in [4.78, 5) is 9.62. The number of halogens is 4. The third-order valence-electron chi connectivity index (χ3n) is 0.716. The molecule has 0 aromatic rings. The number of hydrogen-bond acceptors (Lipinski definition) is 1. The van der Waals surface area contributed by atoms with Crippen LogP contribution in [0.15, 0.2) is 0 Å². The van der Waals surface area contributed by atoms with Gasteiger partial charge in [-0.3, -0.25) is 10.5 Å². The molecular weight excluding hydrogens is 154 g/mol. The number of carbonyl (C=O) groups is 1. The molecule has 0 aliphatic heterocycles. The van der Waals surface area contributed by atoms with Gasteiger partial charge in [-0.1, -0.05) is 0 Å². The number of hydrogen-bond donors (Lipinski definition) is 0. The number of nitrogens with one attached hydrogen (secondary N) is 1. The van der Waals surface area contributed by atoms with E-state index >= 15 is 0 Å². The van der Waals surface area contributed by atoms with E-state index < -0.39 is 24.7 Å². The van der Waals surface area contributed by atoms with E-state index in [4.69, 9.17) is 5.73 Å². The molecule has 0 atom stereocenters. The van der Waals surface area contributed by atoms with Crippen LogP contribution in [0.2, 0.25) is 0 Å². The Balaban J connectivity index is 3.99. The summed E-state index contributed by atoms with van der Waals surface area (Å²) >= 11 is 0. The molecule has 0 rings (SSSR count). The molecule has 0 heterocycles. The highest BCUT2D eigenvalue weighted by atomic mass is 19.3. The molecule has 0 aromatic heterocycles. The van der Waals surface area contributed by atoms with E-state index in [0.717, 1.165) is 0 Å². The Morgan fingerprint density at radius 2 is 1.90 bits per heavy atom. The summed E-state index contributed by atoms with van der Waals surface area (Å²) in [5, 5.41) is 0. The minimum absolute atomic E-state index is 1.69. The summed E-state index contributed by atoms with van der Waals surface area (Å²) < 4.78 is 45.8. The van der Waals surface area contributed by atoms with E-state index in [2.05, 4.69) is 0 Å². The fourth-order valence-electron chi connectivity index (χ4n) is 0.291. The zero-order valence-electron chi connectivity index (χ0n) is 4.70. The molecule has 1 radical (unpaired) electrons. The highest BCUT2D eigenvalue weighted by Crippen LogP contribution is 2.25. The number of carbonyl (C=O) groups excluding carboxylic acids is 1. The van der Waals surface area contributed by atoms with E-state index in [9.17, 15) is 22.4 Å². The molecule has 0 aromatic carbocycles. The Kier molecular flexibility index (Phi) is 2.62. The van der Waals surface area contributed by atoms with Crippen LogP contribution in [0.4, 0.5) is 17.6 Å². The predicted molar refractivity (Wildman–Crippen MR) is 23.7 cm³/mol. The summed E-state index contributed by atoms with van der Waals surface area (Å²) in [5.74, 6) is -6.04. The second-order valence-corrected chi connectivity index (χ2v) is 1.66. The summed E-state index contributed by atoms with van der Waals surface area (Å²) in [6, 6.07) is 0. The molecular formula is C4H4F4NO. The van der Waals surface area contributed by atoms with Crippen LogP contribution in [0.5, 0.6) is 0 Å². The summed E-state index contributed by atoms with van der Waals surface area (Å²) in [6.07, 6.45) is -5.59. The van der Waals surface area contributed by atoms with Gasteiger partial charge in [0.1, 0.15) is 0 Å². The molecule has 0 fully saturated rings. The van der Waals surface area contributed by atoms with Gasteiger partial charge in [0.15, 0.2) is 0 Å². The molecule has 0 spiro atoms. The summed E-state index contributed by atoms with van der Waals surface area (Å²) in [6.45, 7) is 0. The van der Waals surface area contributed by atoms with Crippen LogP contribution in [-0.4, -0.2) is 18.3 Å². The lowest BCUT2D eigenvalue weighted by molar-refractivity contribution is -0.149. The first kappa shape index (κ1) is 9.19. The lowest BCUT2D eigenvalue weighted by Gasteiger charge is -2.11. The third-order valence-corrected chi connectivity index (χ3v) is 0.716. The SMILES string of the molecule is [NH]C(=O)CC(F)(F)C(F)F. The van der Waals surface area contributed by atoms with Gasteiger partial charge in [0.25, 0.3) is 0 Å². The van der Waals surface area contributed by atoms with Gasteiger partial charge in [-0.15, -0.1) is 0 Å². The molecule has 0 aliphatic carbocycles. The maximum absolute atomic E-state index is 11.7. The maximum Gasteiger partial charge on any atom is 0.316 e. The summed E-state index contributed by atoms with van der Waals surface area (Å²) in [7, 11) is 0. The van der Waals surface area contributed by atoms with Crippen molar-refractivity contribution in [1.29, 1.82) is 0 Å². The Morgan fingerprint density at radius 3 is 2.00 bits per heavy atom. The molecule has 1 N–H and O–H groups in total. The van der Waals surface area contributed by atoms with E-state index in [1.165, 1.54) is 0 Å². The van der Waals surface area contributed by atoms with Crippen LogP contribution in [0.25, 0.3) is 0 Å². The minimum Gasteiger partial charge on any atom is -0.273 e. The molecule has 1 amide bonds. The van der Waals surface area contributed by atoms with Gasteiger partial charge in [0, 0.05) is 0 Å². The van der Waals surface area contributed by atoms with Crippen molar-refractivity contribution in [2.45, 2.75) is 18.8 Å². The lowest BCUT2D eigenvalue weighted by Crippen LogP contribution is -2.29. The molecule has 0 saturated heterocycles. The fourth-order valence-corrected chi connectivity index (χ4v) is 0.291. The van der Waals surface area contributed by atoms with Gasteiger partial charge in [0.2, 0.25) is 5.91 Å². The molecule has 10 heavy (non-hydrogen) atoms. The van der Waals surface area contributed by atoms with Gasteiger partial charge in [0.05, 0.1) is 6.42 Å². The van der Waals surface area contributed by atoms with Crippen LogP contribution < -0.4 is 5.73 Å². The quantitative estimate of drug-likeness (QED) is 0.566. The molecule has 0 saturated carbocycles. The largest absolute Gasteiger partial charge is 0.316 e. The van der Waals surface area contributed by atoms with Crippen molar-refractivity contribution >= 4 is 5.91 Å². The lowest BCUT2D eigenvalue weighted by atomic mass is 10.2. The fraction of sp³-hybridized carbons (Fsp3) is 0.750. The van der Waals surface area contributed by atoms with Gasteiger partial charge >= 0.3 is 12.3 Å². The van der Waals surface area contributed by atoms with Crippen LogP contribution >= 0.6 is 0 Å². The van der Waals surface area contributed by atoms with Crippen molar-refractivity contribution in [2.24, 2.45) is 0 Å². The Morgan fingerprint density at radius 1 is 1.50 bits per heavy atom. The first-order valence-electron chi connectivity index (χ1n) is 2.26. The molecule has 0 aliphatic rings.